The first-order valence-electron chi connectivity index (χ1n) is 16.0. The summed E-state index contributed by atoms with van der Waals surface area (Å²) in [5.41, 5.74) is 5.34. The summed E-state index contributed by atoms with van der Waals surface area (Å²) < 4.78 is 19.9. The van der Waals surface area contributed by atoms with Gasteiger partial charge in [0.1, 0.15) is 5.01 Å². The molecule has 5 aromatic rings. The Bertz CT molecular complexity index is 2000. The molecule has 0 unspecified atom stereocenters. The predicted octanol–water partition coefficient (Wildman–Crippen LogP) is 7.79. The second-order valence-electron chi connectivity index (χ2n) is 12.8. The van der Waals surface area contributed by atoms with Gasteiger partial charge in [-0.3, -0.25) is 9.58 Å². The van der Waals surface area contributed by atoms with Gasteiger partial charge >= 0.3 is 12.0 Å². The van der Waals surface area contributed by atoms with Crippen molar-refractivity contribution in [3.63, 3.8) is 0 Å². The summed E-state index contributed by atoms with van der Waals surface area (Å²) in [6.45, 7) is 11.9. The van der Waals surface area contributed by atoms with E-state index in [9.17, 15) is 9.59 Å². The van der Waals surface area contributed by atoms with Gasteiger partial charge in [0.05, 0.1) is 34.5 Å². The van der Waals surface area contributed by atoms with Crippen molar-refractivity contribution in [3.05, 3.63) is 64.7 Å². The number of carbonyl (C=O) groups excluding carboxylic acids is 2. The van der Waals surface area contributed by atoms with Crippen LogP contribution in [0.25, 0.3) is 42.8 Å². The van der Waals surface area contributed by atoms with Crippen LogP contribution < -0.4 is 4.90 Å². The molecule has 0 spiro atoms. The fraction of sp³-hybridized carbons (Fsp3) is 0.389. The summed E-state index contributed by atoms with van der Waals surface area (Å²) in [5, 5.41) is 7.04. The third-order valence-corrected chi connectivity index (χ3v) is 9.68. The Morgan fingerprint density at radius 1 is 1.08 bits per heavy atom. The molecule has 1 aliphatic heterocycles. The van der Waals surface area contributed by atoms with Crippen LogP contribution in [-0.2, 0) is 26.1 Å². The average molecular weight is 690 g/mol. The minimum absolute atomic E-state index is 0.0818. The fourth-order valence-corrected chi connectivity index (χ4v) is 7.39. The zero-order valence-electron chi connectivity index (χ0n) is 28.3. The highest BCUT2D eigenvalue weighted by molar-refractivity contribution is 7.22. The zero-order valence-corrected chi connectivity index (χ0v) is 29.9. The normalized spacial score (nSPS) is 14.5. The number of rotatable bonds is 10. The Morgan fingerprint density at radius 2 is 1.81 bits per heavy atom. The van der Waals surface area contributed by atoms with Gasteiger partial charge in [0.25, 0.3) is 0 Å². The smallest absolute Gasteiger partial charge is 0.339 e. The van der Waals surface area contributed by atoms with Gasteiger partial charge in [0.15, 0.2) is 11.9 Å². The highest BCUT2D eigenvalue weighted by Crippen LogP contribution is 2.45. The molecule has 1 saturated heterocycles. The topological polar surface area (TPSA) is 99.0 Å². The van der Waals surface area contributed by atoms with Gasteiger partial charge in [0.2, 0.25) is 0 Å². The second-order valence-corrected chi connectivity index (χ2v) is 14.2. The molecule has 1 fully saturated rings. The molecule has 3 heterocycles. The summed E-state index contributed by atoms with van der Waals surface area (Å²) in [5.74, 6) is 0.179. The molecule has 0 saturated carbocycles. The Balaban J connectivity index is 1.51. The fourth-order valence-electron chi connectivity index (χ4n) is 6.14. The molecule has 1 atom stereocenters. The third kappa shape index (κ3) is 6.52. The molecule has 2 aromatic heterocycles. The number of esters is 1. The van der Waals surface area contributed by atoms with Gasteiger partial charge < -0.3 is 19.1 Å². The van der Waals surface area contributed by atoms with Gasteiger partial charge in [-0.1, -0.05) is 23.7 Å². The first-order chi connectivity index (χ1) is 22.9. The number of amides is 2. The molecular weight excluding hydrogens is 650 g/mol. The Hall–Kier alpha value is -4.03. The molecule has 10 nitrogen and oxygen atoms in total. The number of thiazole rings is 1. The quantitative estimate of drug-likeness (QED) is 0.138. The second kappa shape index (κ2) is 13.5. The van der Waals surface area contributed by atoms with Crippen molar-refractivity contribution in [2.24, 2.45) is 7.05 Å². The SMILES string of the molecule is CCOC(=O)[C@@H](OC(C)(C)C)c1c(C)cc2nc(-c3ccc4c(c3)c(N3CCN(CCOC)C3=O)nn4C)sc2c1-c1ccc(Cl)cc1. The highest BCUT2D eigenvalue weighted by atomic mass is 35.5. The van der Waals surface area contributed by atoms with Crippen molar-refractivity contribution in [2.75, 3.05) is 44.9 Å². The number of fused-ring (bicyclic) bond motifs is 2. The zero-order chi connectivity index (χ0) is 34.3. The largest absolute Gasteiger partial charge is 0.464 e. The van der Waals surface area contributed by atoms with Crippen LogP contribution in [0.3, 0.4) is 0 Å². The van der Waals surface area contributed by atoms with Crippen LogP contribution in [0.15, 0.2) is 48.5 Å². The molecule has 0 N–H and O–H groups in total. The lowest BCUT2D eigenvalue weighted by atomic mass is 9.91. The number of carbonyl (C=O) groups is 2. The predicted molar refractivity (Wildman–Crippen MR) is 191 cm³/mol. The van der Waals surface area contributed by atoms with E-state index in [1.807, 2.05) is 77.2 Å². The van der Waals surface area contributed by atoms with Crippen molar-refractivity contribution in [1.82, 2.24) is 19.7 Å². The molecule has 2 amide bonds. The summed E-state index contributed by atoms with van der Waals surface area (Å²) in [7, 11) is 3.52. The summed E-state index contributed by atoms with van der Waals surface area (Å²) in [6.07, 6.45) is -0.957. The number of aryl methyl sites for hydroxylation is 2. The monoisotopic (exact) mass is 689 g/mol. The molecule has 6 rings (SSSR count). The van der Waals surface area contributed by atoms with E-state index in [4.69, 9.17) is 35.9 Å². The highest BCUT2D eigenvalue weighted by Gasteiger charge is 2.34. The molecule has 48 heavy (non-hydrogen) atoms. The number of aromatic nitrogens is 3. The minimum atomic E-state index is -0.957. The number of ether oxygens (including phenoxy) is 3. The number of hydrogen-bond donors (Lipinski definition) is 0. The maximum atomic E-state index is 13.5. The van der Waals surface area contributed by atoms with E-state index < -0.39 is 17.7 Å². The van der Waals surface area contributed by atoms with E-state index in [-0.39, 0.29) is 12.6 Å². The molecule has 252 valence electrons. The summed E-state index contributed by atoms with van der Waals surface area (Å²) in [6, 6.07) is 15.6. The van der Waals surface area contributed by atoms with Crippen LogP contribution in [0.5, 0.6) is 0 Å². The van der Waals surface area contributed by atoms with Gasteiger partial charge in [-0.25, -0.2) is 14.6 Å². The molecule has 1 aliphatic rings. The number of urea groups is 1. The number of hydrogen-bond acceptors (Lipinski definition) is 8. The molecule has 0 bridgehead atoms. The Labute approximate surface area is 289 Å². The van der Waals surface area contributed by atoms with Crippen LogP contribution in [0.4, 0.5) is 10.6 Å². The van der Waals surface area contributed by atoms with E-state index >= 15 is 0 Å². The standard InChI is InChI=1S/C36H40ClN5O5S/c1-8-46-34(43)30(47-36(3,4)5)28-21(2)19-26-31(29(28)22-9-12-24(37)13-10-22)48-33(38-26)23-11-14-27-25(20-23)32(39-40(27)6)42-16-15-41(35(42)44)17-18-45-7/h9-14,19-20,30H,8,15-18H2,1-7H3/t30-/m0/s1. The van der Waals surface area contributed by atoms with Crippen LogP contribution in [0, 0.1) is 6.92 Å². The Morgan fingerprint density at radius 3 is 2.50 bits per heavy atom. The van der Waals surface area contributed by atoms with E-state index in [0.29, 0.717) is 37.1 Å². The average Bonchev–Trinajstić information content (AvgIpc) is 3.72. The maximum Gasteiger partial charge on any atom is 0.339 e. The lowest BCUT2D eigenvalue weighted by molar-refractivity contribution is -0.166. The van der Waals surface area contributed by atoms with Crippen molar-refractivity contribution in [2.45, 2.75) is 46.3 Å². The number of anilines is 1. The van der Waals surface area contributed by atoms with Gasteiger partial charge in [-0.05, 0) is 82.1 Å². The molecule has 0 radical (unpaired) electrons. The van der Waals surface area contributed by atoms with Crippen LogP contribution in [0.1, 0.15) is 44.9 Å². The lowest BCUT2D eigenvalue weighted by Gasteiger charge is -2.29. The van der Waals surface area contributed by atoms with Crippen molar-refractivity contribution < 1.29 is 23.8 Å². The summed E-state index contributed by atoms with van der Waals surface area (Å²) >= 11 is 7.86. The minimum Gasteiger partial charge on any atom is -0.464 e. The summed E-state index contributed by atoms with van der Waals surface area (Å²) in [4.78, 5) is 35.5. The number of methoxy groups -OCH3 is 1. The van der Waals surface area contributed by atoms with E-state index in [1.165, 1.54) is 0 Å². The number of halogens is 1. The van der Waals surface area contributed by atoms with Gasteiger partial charge in [-0.15, -0.1) is 11.3 Å². The maximum absolute atomic E-state index is 13.5. The lowest BCUT2D eigenvalue weighted by Crippen LogP contribution is -2.34. The molecule has 3 aromatic carbocycles. The molecule has 12 heteroatoms. The molecular formula is C36H40ClN5O5S. The van der Waals surface area contributed by atoms with Crippen LogP contribution >= 0.6 is 22.9 Å². The first kappa shape index (κ1) is 33.9. The van der Waals surface area contributed by atoms with Gasteiger partial charge in [-0.2, -0.15) is 5.10 Å². The van der Waals surface area contributed by atoms with Crippen molar-refractivity contribution >= 4 is 61.9 Å². The van der Waals surface area contributed by atoms with Crippen molar-refractivity contribution in [1.29, 1.82) is 0 Å². The molecule has 0 aliphatic carbocycles. The van der Waals surface area contributed by atoms with E-state index in [1.54, 1.807) is 39.9 Å². The van der Waals surface area contributed by atoms with Gasteiger partial charge in [0, 0.05) is 60.9 Å². The number of benzene rings is 3. The Kier molecular flexibility index (Phi) is 9.50. The van der Waals surface area contributed by atoms with Crippen LogP contribution in [-0.4, -0.2) is 77.2 Å². The first-order valence-corrected chi connectivity index (χ1v) is 17.2. The van der Waals surface area contributed by atoms with Crippen LogP contribution in [0.2, 0.25) is 5.02 Å². The third-order valence-electron chi connectivity index (χ3n) is 8.29. The van der Waals surface area contributed by atoms with Crippen molar-refractivity contribution in [3.8, 4) is 21.7 Å². The number of nitrogens with zero attached hydrogens (tertiary/aromatic N) is 5. The van der Waals surface area contributed by atoms with E-state index in [0.717, 1.165) is 53.9 Å². The van der Waals surface area contributed by atoms with E-state index in [2.05, 4.69) is 6.07 Å².